The fourth-order valence-electron chi connectivity index (χ4n) is 6.42. The molecule has 0 spiro atoms. The SMILES string of the molecule is O=C(CC1C(OC(=O)c2cc(O)c(O)c(O)c2)C(COC(=O)c2ccc(O)cc2)OC(OC(=O)c2cc(O)c(O)c(O)c2)C1OC(=O)c1cc(O)c(O)c(O)c1)c1cc(O)c(O)c(O)c1. The van der Waals surface area contributed by atoms with Crippen molar-refractivity contribution < 1.29 is 114 Å². The second-order valence-electron chi connectivity index (χ2n) is 14.1. The largest absolute Gasteiger partial charge is 0.508 e. The molecule has 0 aromatic heterocycles. The van der Waals surface area contributed by atoms with Gasteiger partial charge in [-0.1, -0.05) is 0 Å². The molecule has 1 aliphatic rings. The van der Waals surface area contributed by atoms with Gasteiger partial charge < -0.3 is 90.1 Å². The van der Waals surface area contributed by atoms with E-state index < -0.39 is 164 Å². The zero-order chi connectivity index (χ0) is 47.6. The molecule has 13 N–H and O–H groups in total. The number of benzene rings is 5. The van der Waals surface area contributed by atoms with Crippen LogP contribution >= 0.6 is 0 Å². The number of carbonyl (C=O) groups excluding carboxylic acids is 5. The van der Waals surface area contributed by atoms with Crippen LogP contribution in [0.15, 0.2) is 72.8 Å². The van der Waals surface area contributed by atoms with Crippen LogP contribution in [-0.4, -0.2) is 127 Å². The predicted octanol–water partition coefficient (Wildman–Crippen LogP) is 2.94. The third-order valence-electron chi connectivity index (χ3n) is 9.71. The molecule has 0 bridgehead atoms. The van der Waals surface area contributed by atoms with Gasteiger partial charge in [-0.3, -0.25) is 4.79 Å². The highest BCUT2D eigenvalue weighted by Crippen LogP contribution is 2.42. The summed E-state index contributed by atoms with van der Waals surface area (Å²) in [6.07, 6.45) is -9.69. The second-order valence-corrected chi connectivity index (χ2v) is 14.1. The molecule has 0 aliphatic carbocycles. The van der Waals surface area contributed by atoms with Crippen molar-refractivity contribution in [3.05, 3.63) is 101 Å². The highest BCUT2D eigenvalue weighted by molar-refractivity contribution is 5.98. The third kappa shape index (κ3) is 9.74. The molecule has 23 nitrogen and oxygen atoms in total. The molecule has 5 unspecified atom stereocenters. The second kappa shape index (κ2) is 18.2. The number of hydrogen-bond acceptors (Lipinski definition) is 23. The number of phenolic OH excluding ortho intramolecular Hbond substituents is 13. The Labute approximate surface area is 362 Å². The summed E-state index contributed by atoms with van der Waals surface area (Å²) >= 11 is 0. The molecule has 0 radical (unpaired) electrons. The average Bonchev–Trinajstić information content (AvgIpc) is 3.26. The lowest BCUT2D eigenvalue weighted by Crippen LogP contribution is -2.59. The maximum atomic E-state index is 14.1. The van der Waals surface area contributed by atoms with Gasteiger partial charge in [-0.25, -0.2) is 19.2 Å². The Morgan fingerprint density at radius 2 is 0.785 bits per heavy atom. The third-order valence-corrected chi connectivity index (χ3v) is 9.71. The van der Waals surface area contributed by atoms with E-state index in [1.165, 1.54) is 0 Å². The van der Waals surface area contributed by atoms with Crippen molar-refractivity contribution in [1.29, 1.82) is 0 Å². The Hall–Kier alpha value is -8.99. The summed E-state index contributed by atoms with van der Waals surface area (Å²) in [5.74, 6) is -21.4. The minimum absolute atomic E-state index is 0.164. The van der Waals surface area contributed by atoms with E-state index in [-0.39, 0.29) is 11.3 Å². The quantitative estimate of drug-likeness (QED) is 0.0370. The summed E-state index contributed by atoms with van der Waals surface area (Å²) in [5.41, 5.74) is -2.81. The highest BCUT2D eigenvalue weighted by atomic mass is 16.7. The van der Waals surface area contributed by atoms with E-state index in [9.17, 15) is 90.4 Å². The number of Topliss-reactive ketones (excluding diaryl/α,β-unsaturated/α-hetero) is 1. The molecule has 1 saturated heterocycles. The summed E-state index contributed by atoms with van der Waals surface area (Å²) in [4.78, 5) is 68.7. The van der Waals surface area contributed by atoms with E-state index in [2.05, 4.69) is 0 Å². The first kappa shape index (κ1) is 45.5. The lowest BCUT2D eigenvalue weighted by atomic mass is 9.83. The van der Waals surface area contributed by atoms with E-state index in [0.717, 1.165) is 24.3 Å². The predicted molar refractivity (Wildman–Crippen MR) is 209 cm³/mol. The summed E-state index contributed by atoms with van der Waals surface area (Å²) in [7, 11) is 0. The number of aromatic hydroxyl groups is 13. The van der Waals surface area contributed by atoms with Crippen LogP contribution in [0.25, 0.3) is 0 Å². The van der Waals surface area contributed by atoms with Crippen LogP contribution in [-0.2, 0) is 23.7 Å². The fraction of sp³-hybridized carbons (Fsp3) is 0.167. The zero-order valence-electron chi connectivity index (χ0n) is 32.6. The van der Waals surface area contributed by atoms with Crippen LogP contribution in [0.3, 0.4) is 0 Å². The molecular formula is C42H34O23. The summed E-state index contributed by atoms with van der Waals surface area (Å²) in [5, 5.41) is 131. The van der Waals surface area contributed by atoms with Crippen molar-refractivity contribution in [3.8, 4) is 74.7 Å². The molecule has 1 heterocycles. The number of esters is 4. The molecule has 6 rings (SSSR count). The Morgan fingerprint density at radius 3 is 1.18 bits per heavy atom. The Balaban J connectivity index is 1.51. The molecule has 0 saturated carbocycles. The Kier molecular flexibility index (Phi) is 12.7. The minimum Gasteiger partial charge on any atom is -0.508 e. The smallest absolute Gasteiger partial charge is 0.340 e. The van der Waals surface area contributed by atoms with Crippen LogP contribution in [0.4, 0.5) is 0 Å². The Morgan fingerprint density at radius 1 is 0.431 bits per heavy atom. The number of rotatable bonds is 12. The molecular weight excluding hydrogens is 872 g/mol. The number of ketones is 1. The van der Waals surface area contributed by atoms with Gasteiger partial charge in [-0.2, -0.15) is 0 Å². The van der Waals surface area contributed by atoms with Gasteiger partial charge in [0.1, 0.15) is 24.6 Å². The van der Waals surface area contributed by atoms with Crippen molar-refractivity contribution in [3.63, 3.8) is 0 Å². The van der Waals surface area contributed by atoms with E-state index in [4.69, 9.17) is 23.7 Å². The number of carbonyl (C=O) groups is 5. The monoisotopic (exact) mass is 906 g/mol. The minimum atomic E-state index is -2.35. The lowest BCUT2D eigenvalue weighted by Gasteiger charge is -2.44. The van der Waals surface area contributed by atoms with Crippen molar-refractivity contribution in [1.82, 2.24) is 0 Å². The van der Waals surface area contributed by atoms with Crippen LogP contribution < -0.4 is 0 Å². The van der Waals surface area contributed by atoms with E-state index in [1.54, 1.807) is 0 Å². The summed E-state index contributed by atoms with van der Waals surface area (Å²) < 4.78 is 28.3. The molecule has 1 fully saturated rings. The Bertz CT molecular complexity index is 2620. The molecule has 65 heavy (non-hydrogen) atoms. The maximum absolute atomic E-state index is 14.1. The van der Waals surface area contributed by atoms with Gasteiger partial charge in [0, 0.05) is 17.9 Å². The highest BCUT2D eigenvalue weighted by Gasteiger charge is 2.53. The standard InChI is InChI=1S/C42H34O23/c43-20-3-1-15(2-4-20)38(57)61-14-31-36(63-39(58)17-7-25(47)33(54)26(48)8-17)21(13-22(44)16-5-23(45)32(53)24(46)6-16)37(64-40(59)18-9-27(49)34(55)28(50)10-18)42(62-31)65-41(60)19-11-29(51)35(56)30(52)12-19/h1-12,21,31,36-37,42-43,45-56H,13-14H2. The van der Waals surface area contributed by atoms with Crippen molar-refractivity contribution in [2.24, 2.45) is 5.92 Å². The molecule has 0 amide bonds. The number of hydrogen-bond donors (Lipinski definition) is 13. The molecule has 1 aliphatic heterocycles. The maximum Gasteiger partial charge on any atom is 0.340 e. The van der Waals surface area contributed by atoms with Crippen molar-refractivity contribution in [2.45, 2.75) is 31.0 Å². The first-order valence-electron chi connectivity index (χ1n) is 18.4. The van der Waals surface area contributed by atoms with Crippen molar-refractivity contribution >= 4 is 29.7 Å². The molecule has 5 aromatic carbocycles. The van der Waals surface area contributed by atoms with Gasteiger partial charge in [0.15, 0.2) is 80.9 Å². The van der Waals surface area contributed by atoms with Crippen molar-refractivity contribution in [2.75, 3.05) is 6.61 Å². The summed E-state index contributed by atoms with van der Waals surface area (Å²) in [6, 6.07) is 9.67. The van der Waals surface area contributed by atoms with Gasteiger partial charge in [-0.15, -0.1) is 0 Å². The summed E-state index contributed by atoms with van der Waals surface area (Å²) in [6.45, 7) is -1.01. The molecule has 5 aromatic rings. The van der Waals surface area contributed by atoms with E-state index >= 15 is 0 Å². The van der Waals surface area contributed by atoms with Gasteiger partial charge in [0.2, 0.25) is 6.29 Å². The van der Waals surface area contributed by atoms with Gasteiger partial charge >= 0.3 is 23.9 Å². The van der Waals surface area contributed by atoms with E-state index in [1.807, 2.05) is 0 Å². The molecule has 340 valence electrons. The zero-order valence-corrected chi connectivity index (χ0v) is 32.6. The first-order valence-corrected chi connectivity index (χ1v) is 18.4. The molecule has 23 heteroatoms. The van der Waals surface area contributed by atoms with Crippen LogP contribution in [0.5, 0.6) is 74.7 Å². The van der Waals surface area contributed by atoms with Gasteiger partial charge in [0.25, 0.3) is 0 Å². The number of ether oxygens (including phenoxy) is 5. The average molecular weight is 907 g/mol. The normalized spacial score (nSPS) is 17.9. The van der Waals surface area contributed by atoms with E-state index in [0.29, 0.717) is 48.5 Å². The first-order chi connectivity index (χ1) is 30.6. The van der Waals surface area contributed by atoms with Crippen LogP contribution in [0.2, 0.25) is 0 Å². The van der Waals surface area contributed by atoms with Gasteiger partial charge in [-0.05, 0) is 72.8 Å². The topological polar surface area (TPSA) is 394 Å². The molecule has 5 atom stereocenters. The lowest BCUT2D eigenvalue weighted by molar-refractivity contribution is -0.270. The van der Waals surface area contributed by atoms with Crippen LogP contribution in [0.1, 0.15) is 58.2 Å². The van der Waals surface area contributed by atoms with Crippen LogP contribution in [0, 0.1) is 5.92 Å². The fourth-order valence-corrected chi connectivity index (χ4v) is 6.42. The van der Waals surface area contributed by atoms with Gasteiger partial charge in [0.05, 0.1) is 22.3 Å². The number of phenols is 13.